The fraction of sp³-hybridized carbons (Fsp3) is 0.310. The van der Waals surface area contributed by atoms with E-state index in [-0.39, 0.29) is 54.5 Å². The fourth-order valence-corrected chi connectivity index (χ4v) is 11.0. The van der Waals surface area contributed by atoms with Gasteiger partial charge < -0.3 is 20.3 Å². The molecule has 3 N–H and O–H groups in total. The first-order chi connectivity index (χ1) is 34.2. The molecule has 0 radical (unpaired) electrons. The molecule has 0 spiro atoms. The second kappa shape index (κ2) is 21.9. The third-order valence-electron chi connectivity index (χ3n) is 14.0. The number of methoxy groups -OCH3 is 1. The Kier molecular flexibility index (Phi) is 15.7. The van der Waals surface area contributed by atoms with Gasteiger partial charge in [0.2, 0.25) is 17.5 Å². The van der Waals surface area contributed by atoms with E-state index in [1.54, 1.807) is 42.0 Å². The van der Waals surface area contributed by atoms with Crippen LogP contribution in [0.15, 0.2) is 133 Å². The van der Waals surface area contributed by atoms with Gasteiger partial charge in [0.15, 0.2) is 5.71 Å². The zero-order valence-corrected chi connectivity index (χ0v) is 43.2. The van der Waals surface area contributed by atoms with Crippen molar-refractivity contribution in [1.29, 1.82) is 0 Å². The Morgan fingerprint density at radius 1 is 0.831 bits per heavy atom. The zero-order valence-electron chi connectivity index (χ0n) is 41.6. The first-order valence-corrected chi connectivity index (χ1v) is 25.6. The van der Waals surface area contributed by atoms with Gasteiger partial charge in [-0.1, -0.05) is 80.1 Å². The molecule has 11 nitrogen and oxygen atoms in total. The van der Waals surface area contributed by atoms with E-state index in [9.17, 15) is 14.4 Å². The SMILES string of the molecule is CCN1C(=CC=CC=CC2=[N+](CCCCSOO)c3ccc4ccccc4c3C2(C)C)C(C)(C)c2cc(CC(=O)NCCNC(=O)Cc3c(C)n(C(=O)c4ccc(Cl)cc4)c4ccc(OC)cc34)ccc21. The smallest absolute Gasteiger partial charge is 0.262 e. The molecule has 0 unspecified atom stereocenters. The van der Waals surface area contributed by atoms with Crippen LogP contribution in [0.2, 0.25) is 5.02 Å². The Bertz CT molecular complexity index is 3130. The van der Waals surface area contributed by atoms with E-state index in [1.807, 2.05) is 25.1 Å². The minimum Gasteiger partial charge on any atom is -0.497 e. The van der Waals surface area contributed by atoms with Crippen LogP contribution in [0.1, 0.15) is 85.8 Å². The van der Waals surface area contributed by atoms with Crippen molar-refractivity contribution in [3.05, 3.63) is 172 Å². The molecule has 6 aromatic rings. The third-order valence-corrected chi connectivity index (χ3v) is 14.8. The number of unbranched alkanes of at least 4 members (excludes halogenated alkanes) is 1. The van der Waals surface area contributed by atoms with Gasteiger partial charge in [-0.3, -0.25) is 19.0 Å². The number of nitrogens with zero attached hydrogens (tertiary/aromatic N) is 3. The molecule has 71 heavy (non-hydrogen) atoms. The van der Waals surface area contributed by atoms with Gasteiger partial charge >= 0.3 is 0 Å². The number of nitrogens with one attached hydrogen (secondary N) is 2. The van der Waals surface area contributed by atoms with Crippen molar-refractivity contribution >= 4 is 80.1 Å². The highest BCUT2D eigenvalue weighted by atomic mass is 35.5. The van der Waals surface area contributed by atoms with Crippen LogP contribution >= 0.6 is 23.6 Å². The summed E-state index contributed by atoms with van der Waals surface area (Å²) in [6.07, 6.45) is 13.0. The first-order valence-electron chi connectivity index (χ1n) is 24.3. The van der Waals surface area contributed by atoms with Gasteiger partial charge in [0.25, 0.3) is 5.91 Å². The maximum Gasteiger partial charge on any atom is 0.262 e. The Balaban J connectivity index is 0.895. The summed E-state index contributed by atoms with van der Waals surface area (Å²) in [5.41, 5.74) is 10.2. The van der Waals surface area contributed by atoms with Crippen LogP contribution in [0, 0.1) is 6.92 Å². The molecule has 5 aromatic carbocycles. The molecular formula is C58H63ClN5O6S+. The van der Waals surface area contributed by atoms with E-state index in [1.165, 1.54) is 39.0 Å². The Hall–Kier alpha value is -6.44. The molecule has 368 valence electrons. The molecule has 1 aromatic heterocycles. The van der Waals surface area contributed by atoms with Gasteiger partial charge in [-0.05, 0) is 122 Å². The molecule has 0 atom stereocenters. The summed E-state index contributed by atoms with van der Waals surface area (Å²) in [5, 5.41) is 18.5. The molecule has 0 fully saturated rings. The van der Waals surface area contributed by atoms with E-state index in [0.29, 0.717) is 27.5 Å². The van der Waals surface area contributed by atoms with Crippen LogP contribution in [0.4, 0.5) is 11.4 Å². The summed E-state index contributed by atoms with van der Waals surface area (Å²) in [5.74, 6) is 0.761. The number of ether oxygens (including phenoxy) is 1. The lowest BCUT2D eigenvalue weighted by Crippen LogP contribution is -2.36. The van der Waals surface area contributed by atoms with Crippen LogP contribution in [-0.2, 0) is 37.6 Å². The summed E-state index contributed by atoms with van der Waals surface area (Å²) < 4.78 is 13.8. The molecule has 8 rings (SSSR count). The number of anilines is 1. The molecule has 13 heteroatoms. The van der Waals surface area contributed by atoms with E-state index < -0.39 is 0 Å². The number of hydrogen-bond donors (Lipinski definition) is 3. The second-order valence-corrected chi connectivity index (χ2v) is 20.3. The van der Waals surface area contributed by atoms with Crippen LogP contribution < -0.4 is 20.3 Å². The average Bonchev–Trinajstić information content (AvgIpc) is 3.85. The molecular weight excluding hydrogens is 930 g/mol. The highest BCUT2D eigenvalue weighted by Crippen LogP contribution is 2.48. The molecule has 0 bridgehead atoms. The number of amides is 2. The summed E-state index contributed by atoms with van der Waals surface area (Å²) in [7, 11) is 1.58. The molecule has 2 aliphatic rings. The van der Waals surface area contributed by atoms with Crippen LogP contribution in [-0.4, -0.2) is 76.9 Å². The lowest BCUT2D eigenvalue weighted by Gasteiger charge is -2.25. The van der Waals surface area contributed by atoms with Crippen molar-refractivity contribution < 1.29 is 33.3 Å². The predicted octanol–water partition coefficient (Wildman–Crippen LogP) is 11.6. The highest BCUT2D eigenvalue weighted by molar-refractivity contribution is 7.94. The van der Waals surface area contributed by atoms with Gasteiger partial charge in [-0.2, -0.15) is 8.91 Å². The summed E-state index contributed by atoms with van der Waals surface area (Å²) in [4.78, 5) is 42.7. The highest BCUT2D eigenvalue weighted by Gasteiger charge is 2.45. The van der Waals surface area contributed by atoms with Crippen LogP contribution in [0.25, 0.3) is 21.7 Å². The molecule has 2 aliphatic heterocycles. The Morgan fingerprint density at radius 2 is 1.58 bits per heavy atom. The lowest BCUT2D eigenvalue weighted by molar-refractivity contribution is -0.438. The number of carbonyl (C=O) groups excluding carboxylic acids is 3. The van der Waals surface area contributed by atoms with Gasteiger partial charge in [0, 0.05) is 100 Å². The predicted molar refractivity (Wildman–Crippen MR) is 289 cm³/mol. The number of allylic oxidation sites excluding steroid dienone is 6. The van der Waals surface area contributed by atoms with Crippen molar-refractivity contribution in [1.82, 2.24) is 15.2 Å². The minimum atomic E-state index is -0.309. The molecule has 2 amide bonds. The number of likely N-dealkylation sites (N-methyl/N-ethyl adjacent to an activating group) is 1. The number of aromatic nitrogens is 1. The monoisotopic (exact) mass is 992 g/mol. The Labute approximate surface area is 426 Å². The minimum absolute atomic E-state index is 0.0426. The van der Waals surface area contributed by atoms with Crippen molar-refractivity contribution in [2.24, 2.45) is 0 Å². The molecule has 3 heterocycles. The summed E-state index contributed by atoms with van der Waals surface area (Å²) >= 11 is 7.16. The van der Waals surface area contributed by atoms with Gasteiger partial charge in [-0.15, -0.1) is 0 Å². The quantitative estimate of drug-likeness (QED) is 0.0183. The standard InChI is InChI=1S/C58H62ClN5O6S/c1-8-62-49-27-20-39(35-53(65)60-30-31-61-54(66)37-45-38(2)64(48-29-26-43(69-7)36-46(45)48)56(67)41-21-24-42(59)25-22-41)34-47(49)57(3,4)51(62)18-10-9-11-19-52-58(5,6)55-44-17-13-12-16-40(44)23-28-50(55)63(52)32-14-15-33-71-70-68/h9-13,16-29,34,36H,8,14-15,30-33,35,37H2,1-7H3,(H2-,60,61,65,66,68)/p+1. The average molecular weight is 994 g/mol. The largest absolute Gasteiger partial charge is 0.497 e. The normalized spacial score (nSPS) is 15.4. The van der Waals surface area contributed by atoms with E-state index in [2.05, 4.69) is 138 Å². The van der Waals surface area contributed by atoms with Gasteiger partial charge in [0.1, 0.15) is 12.3 Å². The topological polar surface area (TPSA) is 125 Å². The number of benzene rings is 5. The number of hydrogen-bond acceptors (Lipinski definition) is 8. The maximum atomic E-state index is 13.7. The van der Waals surface area contributed by atoms with Crippen molar-refractivity contribution in [2.75, 3.05) is 43.9 Å². The van der Waals surface area contributed by atoms with Crippen molar-refractivity contribution in [2.45, 2.75) is 78.1 Å². The van der Waals surface area contributed by atoms with Crippen molar-refractivity contribution in [3.8, 4) is 5.75 Å². The maximum absolute atomic E-state index is 13.7. The van der Waals surface area contributed by atoms with Gasteiger partial charge in [0.05, 0.1) is 30.9 Å². The van der Waals surface area contributed by atoms with Crippen LogP contribution in [0.3, 0.4) is 0 Å². The van der Waals surface area contributed by atoms with E-state index in [0.717, 1.165) is 65.9 Å². The fourth-order valence-electron chi connectivity index (χ4n) is 10.4. The summed E-state index contributed by atoms with van der Waals surface area (Å²) in [6, 6.07) is 31.6. The Morgan fingerprint density at radius 3 is 2.31 bits per heavy atom. The second-order valence-electron chi connectivity index (χ2n) is 19.1. The number of halogens is 1. The summed E-state index contributed by atoms with van der Waals surface area (Å²) in [6.45, 7) is 15.3. The number of rotatable bonds is 19. The van der Waals surface area contributed by atoms with E-state index in [4.69, 9.17) is 21.6 Å². The van der Waals surface area contributed by atoms with Crippen molar-refractivity contribution in [3.63, 3.8) is 0 Å². The van der Waals surface area contributed by atoms with Gasteiger partial charge in [-0.25, -0.2) is 5.26 Å². The lowest BCUT2D eigenvalue weighted by atomic mass is 9.79. The number of carbonyl (C=O) groups is 3. The van der Waals surface area contributed by atoms with Crippen LogP contribution in [0.5, 0.6) is 5.75 Å². The third kappa shape index (κ3) is 10.5. The zero-order chi connectivity index (χ0) is 50.5. The van der Waals surface area contributed by atoms with E-state index >= 15 is 0 Å². The molecule has 0 saturated carbocycles. The first kappa shape index (κ1) is 50.9. The molecule has 0 saturated heterocycles. The number of fused-ring (bicyclic) bond motifs is 5. The molecule has 0 aliphatic carbocycles.